The number of nitrogens with zero attached hydrogens (tertiary/aromatic N) is 1. The van der Waals surface area contributed by atoms with Gasteiger partial charge in [0.15, 0.2) is 23.1 Å². The Morgan fingerprint density at radius 3 is 2.14 bits per heavy atom. The lowest BCUT2D eigenvalue weighted by Gasteiger charge is -2.14. The number of fused-ring (bicyclic) bond motifs is 1. The predicted molar refractivity (Wildman–Crippen MR) is 154 cm³/mol. The highest BCUT2D eigenvalue weighted by atomic mass is 19.1. The van der Waals surface area contributed by atoms with Gasteiger partial charge < -0.3 is 14.2 Å². The number of hydrogen-bond acceptors (Lipinski definition) is 6. The average Bonchev–Trinajstić information content (AvgIpc) is 2.98. The zero-order chi connectivity index (χ0) is 29.5. The van der Waals surface area contributed by atoms with E-state index in [4.69, 9.17) is 14.2 Å². The molecule has 1 heterocycles. The zero-order valence-corrected chi connectivity index (χ0v) is 22.8. The summed E-state index contributed by atoms with van der Waals surface area (Å²) in [7, 11) is 1.53. The fraction of sp³-hybridized carbons (Fsp3) is 0.147. The van der Waals surface area contributed by atoms with Crippen molar-refractivity contribution < 1.29 is 32.6 Å². The molecule has 1 aromatic heterocycles. The lowest BCUT2D eigenvalue weighted by atomic mass is 10.0. The van der Waals surface area contributed by atoms with Gasteiger partial charge in [0, 0.05) is 30.5 Å². The van der Waals surface area contributed by atoms with Crippen LogP contribution >= 0.6 is 0 Å². The quantitative estimate of drug-likeness (QED) is 0.148. The smallest absolute Gasteiger partial charge is 0.166 e. The summed E-state index contributed by atoms with van der Waals surface area (Å²) in [5.41, 5.74) is 2.62. The SMILES string of the molecule is COc1cc2c(Oc3ccc(CC(=O)CC(=O)Cc4ccc(F)cc4)cc3F)ccnc2cc1OCc1ccccc1. The first-order valence-corrected chi connectivity index (χ1v) is 13.3. The normalized spacial score (nSPS) is 10.8. The van der Waals surface area contributed by atoms with Gasteiger partial charge in [-0.3, -0.25) is 14.6 Å². The molecule has 0 unspecified atom stereocenters. The molecule has 42 heavy (non-hydrogen) atoms. The summed E-state index contributed by atoms with van der Waals surface area (Å²) < 4.78 is 45.5. The Balaban J connectivity index is 1.26. The Labute approximate surface area is 241 Å². The van der Waals surface area contributed by atoms with Crippen molar-refractivity contribution in [2.24, 2.45) is 0 Å². The molecule has 5 aromatic rings. The second-order valence-electron chi connectivity index (χ2n) is 9.70. The molecule has 5 rings (SSSR count). The van der Waals surface area contributed by atoms with E-state index >= 15 is 4.39 Å². The monoisotopic (exact) mass is 567 g/mol. The number of hydrogen-bond donors (Lipinski definition) is 0. The highest BCUT2D eigenvalue weighted by molar-refractivity contribution is 6.00. The summed E-state index contributed by atoms with van der Waals surface area (Å²) in [5, 5.41) is 0.597. The van der Waals surface area contributed by atoms with Gasteiger partial charge in [0.2, 0.25) is 0 Å². The first kappa shape index (κ1) is 28.4. The van der Waals surface area contributed by atoms with Gasteiger partial charge in [0.05, 0.1) is 19.0 Å². The predicted octanol–water partition coefficient (Wildman–Crippen LogP) is 7.21. The van der Waals surface area contributed by atoms with Crippen molar-refractivity contribution in [1.29, 1.82) is 0 Å². The van der Waals surface area contributed by atoms with Crippen molar-refractivity contribution in [3.63, 3.8) is 0 Å². The minimum Gasteiger partial charge on any atom is -0.493 e. The number of pyridine rings is 1. The van der Waals surface area contributed by atoms with Crippen molar-refractivity contribution in [3.05, 3.63) is 126 Å². The van der Waals surface area contributed by atoms with Crippen molar-refractivity contribution in [1.82, 2.24) is 4.98 Å². The summed E-state index contributed by atoms with van der Waals surface area (Å²) in [6, 6.07) is 24.6. The Hall–Kier alpha value is -5.11. The van der Waals surface area contributed by atoms with Crippen LogP contribution in [0, 0.1) is 11.6 Å². The highest BCUT2D eigenvalue weighted by Crippen LogP contribution is 2.38. The van der Waals surface area contributed by atoms with E-state index in [1.165, 1.54) is 43.5 Å². The van der Waals surface area contributed by atoms with Crippen molar-refractivity contribution >= 4 is 22.5 Å². The fourth-order valence-corrected chi connectivity index (χ4v) is 4.48. The molecule has 0 amide bonds. The molecule has 0 aliphatic rings. The van der Waals surface area contributed by atoms with Crippen LogP contribution in [0.1, 0.15) is 23.1 Å². The summed E-state index contributed by atoms with van der Waals surface area (Å²) >= 11 is 0. The third kappa shape index (κ3) is 7.14. The molecule has 0 N–H and O–H groups in total. The Morgan fingerprint density at radius 2 is 1.43 bits per heavy atom. The van der Waals surface area contributed by atoms with E-state index in [9.17, 15) is 14.0 Å². The van der Waals surface area contributed by atoms with E-state index in [-0.39, 0.29) is 36.6 Å². The maximum Gasteiger partial charge on any atom is 0.166 e. The third-order valence-electron chi connectivity index (χ3n) is 6.55. The maximum absolute atomic E-state index is 15.0. The Morgan fingerprint density at radius 1 is 0.714 bits per heavy atom. The number of halogens is 2. The minimum absolute atomic E-state index is 0.0263. The van der Waals surface area contributed by atoms with Gasteiger partial charge in [-0.15, -0.1) is 0 Å². The molecule has 212 valence electrons. The minimum atomic E-state index is -0.655. The van der Waals surface area contributed by atoms with E-state index in [2.05, 4.69) is 4.98 Å². The van der Waals surface area contributed by atoms with Crippen LogP contribution in [-0.4, -0.2) is 23.7 Å². The Bertz CT molecular complexity index is 1720. The summed E-state index contributed by atoms with van der Waals surface area (Å²) in [6.07, 6.45) is 1.18. The molecule has 0 radical (unpaired) electrons. The number of ether oxygens (including phenoxy) is 3. The zero-order valence-electron chi connectivity index (χ0n) is 22.8. The first-order chi connectivity index (χ1) is 20.4. The van der Waals surface area contributed by atoms with Crippen LogP contribution < -0.4 is 14.2 Å². The van der Waals surface area contributed by atoms with Crippen molar-refractivity contribution in [2.75, 3.05) is 7.11 Å². The van der Waals surface area contributed by atoms with Crippen molar-refractivity contribution in [3.8, 4) is 23.0 Å². The lowest BCUT2D eigenvalue weighted by molar-refractivity contribution is -0.126. The van der Waals surface area contributed by atoms with Crippen LogP contribution in [0.4, 0.5) is 8.78 Å². The second-order valence-corrected chi connectivity index (χ2v) is 9.70. The average molecular weight is 568 g/mol. The summed E-state index contributed by atoms with van der Waals surface area (Å²) in [5.74, 6) is -0.371. The first-order valence-electron chi connectivity index (χ1n) is 13.3. The summed E-state index contributed by atoms with van der Waals surface area (Å²) in [6.45, 7) is 0.349. The molecule has 6 nitrogen and oxygen atoms in total. The van der Waals surface area contributed by atoms with Crippen LogP contribution in [0.25, 0.3) is 10.9 Å². The van der Waals surface area contributed by atoms with Crippen LogP contribution in [0.2, 0.25) is 0 Å². The molecule has 0 bridgehead atoms. The second kappa shape index (κ2) is 13.0. The van der Waals surface area contributed by atoms with Crippen LogP contribution in [0.15, 0.2) is 97.2 Å². The van der Waals surface area contributed by atoms with E-state index in [1.807, 2.05) is 30.3 Å². The largest absolute Gasteiger partial charge is 0.493 e. The number of carbonyl (C=O) groups excluding carboxylic acids is 2. The van der Waals surface area contributed by atoms with Gasteiger partial charge >= 0.3 is 0 Å². The van der Waals surface area contributed by atoms with E-state index in [0.29, 0.717) is 45.9 Å². The molecule has 4 aromatic carbocycles. The topological polar surface area (TPSA) is 74.7 Å². The number of benzene rings is 4. The van der Waals surface area contributed by atoms with Gasteiger partial charge in [-0.2, -0.15) is 0 Å². The molecular formula is C34H27F2NO5. The maximum atomic E-state index is 15.0. The van der Waals surface area contributed by atoms with Gasteiger partial charge in [-0.05, 0) is 53.1 Å². The molecule has 0 atom stereocenters. The molecule has 0 saturated heterocycles. The molecule has 0 aliphatic carbocycles. The fourth-order valence-electron chi connectivity index (χ4n) is 4.48. The van der Waals surface area contributed by atoms with E-state index in [0.717, 1.165) is 5.56 Å². The summed E-state index contributed by atoms with van der Waals surface area (Å²) in [4.78, 5) is 29.1. The van der Waals surface area contributed by atoms with Crippen LogP contribution in [-0.2, 0) is 29.0 Å². The number of carbonyl (C=O) groups is 2. The van der Waals surface area contributed by atoms with Gasteiger partial charge in [0.1, 0.15) is 29.7 Å². The number of Topliss-reactive ketones (excluding diaryl/α,β-unsaturated/α-hetero) is 2. The van der Waals surface area contributed by atoms with E-state index in [1.54, 1.807) is 30.5 Å². The number of ketones is 2. The Kier molecular flexibility index (Phi) is 8.82. The van der Waals surface area contributed by atoms with Gasteiger partial charge in [-0.25, -0.2) is 8.78 Å². The highest BCUT2D eigenvalue weighted by Gasteiger charge is 2.16. The number of aromatic nitrogens is 1. The molecule has 0 fully saturated rings. The third-order valence-corrected chi connectivity index (χ3v) is 6.55. The molecule has 0 saturated carbocycles. The van der Waals surface area contributed by atoms with Crippen LogP contribution in [0.3, 0.4) is 0 Å². The van der Waals surface area contributed by atoms with Gasteiger partial charge in [0.25, 0.3) is 0 Å². The molecule has 0 aliphatic heterocycles. The van der Waals surface area contributed by atoms with Crippen molar-refractivity contribution in [2.45, 2.75) is 25.9 Å². The van der Waals surface area contributed by atoms with Crippen LogP contribution in [0.5, 0.6) is 23.0 Å². The van der Waals surface area contributed by atoms with E-state index < -0.39 is 11.6 Å². The lowest BCUT2D eigenvalue weighted by Crippen LogP contribution is -2.12. The molecule has 0 spiro atoms. The molecule has 8 heteroatoms. The number of methoxy groups -OCH3 is 1. The van der Waals surface area contributed by atoms with Gasteiger partial charge in [-0.1, -0.05) is 48.5 Å². The number of rotatable bonds is 12. The molecular weight excluding hydrogens is 540 g/mol. The standard InChI is InChI=1S/C34H27F2NO5/c1-40-33-19-28-30(20-34(33)41-21-23-5-3-2-4-6-23)37-14-13-31(28)42-32-12-9-24(17-29(32)36)16-27(39)18-26(38)15-22-7-10-25(35)11-8-22/h2-14,17,19-20H,15-16,18,21H2,1H3.